The number of allylic oxidation sites excluding steroid dienone is 2. The lowest BCUT2D eigenvalue weighted by molar-refractivity contribution is 0.628. The number of fused-ring (bicyclic) bond motifs is 1. The van der Waals surface area contributed by atoms with Crippen LogP contribution in [0, 0.1) is 5.82 Å². The van der Waals surface area contributed by atoms with Gasteiger partial charge in [-0.25, -0.2) is 9.37 Å². The molecule has 7 nitrogen and oxygen atoms in total. The Balaban J connectivity index is 1.54. The molecule has 0 amide bonds. The highest BCUT2D eigenvalue weighted by Gasteiger charge is 2.13. The van der Waals surface area contributed by atoms with E-state index in [1.165, 1.54) is 12.1 Å². The Morgan fingerprint density at radius 1 is 1.06 bits per heavy atom. The van der Waals surface area contributed by atoms with E-state index in [-0.39, 0.29) is 5.82 Å². The van der Waals surface area contributed by atoms with Crippen molar-refractivity contribution in [3.05, 3.63) is 83.4 Å². The zero-order valence-electron chi connectivity index (χ0n) is 17.2. The molecule has 4 heterocycles. The van der Waals surface area contributed by atoms with E-state index >= 15 is 0 Å². The molecule has 0 aliphatic heterocycles. The van der Waals surface area contributed by atoms with Crippen LogP contribution in [0.15, 0.2) is 61.3 Å². The highest BCUT2D eigenvalue weighted by Crippen LogP contribution is 2.27. The zero-order chi connectivity index (χ0) is 22.1. The van der Waals surface area contributed by atoms with Gasteiger partial charge in [0.2, 0.25) is 0 Å². The predicted octanol–water partition coefficient (Wildman–Crippen LogP) is 3.24. The minimum atomic E-state index is -0.290. The van der Waals surface area contributed by atoms with Crippen LogP contribution in [0.4, 0.5) is 4.39 Å². The monoisotopic (exact) mass is 423 g/mol. The SMILES string of the molecule is C=c1c(-c2nc3c(-c4ccc(F)cc4)cncc3[nH]2)n[nH]/c1=C/C=C(\C)c1cnccn1. The van der Waals surface area contributed by atoms with Crippen LogP contribution in [0.25, 0.3) is 51.9 Å². The molecule has 5 rings (SSSR count). The van der Waals surface area contributed by atoms with Gasteiger partial charge in [-0.05, 0) is 36.3 Å². The number of H-pyrrole nitrogens is 2. The molecule has 0 unspecified atom stereocenters. The van der Waals surface area contributed by atoms with Crippen LogP contribution < -0.4 is 10.6 Å². The molecule has 2 N–H and O–H groups in total. The molecule has 1 aromatic carbocycles. The highest BCUT2D eigenvalue weighted by molar-refractivity contribution is 5.92. The van der Waals surface area contributed by atoms with Gasteiger partial charge in [-0.3, -0.25) is 20.1 Å². The number of aromatic nitrogens is 7. The summed E-state index contributed by atoms with van der Waals surface area (Å²) < 4.78 is 13.3. The topological polar surface area (TPSA) is 96.0 Å². The first-order valence-electron chi connectivity index (χ1n) is 9.88. The van der Waals surface area contributed by atoms with E-state index in [0.29, 0.717) is 16.7 Å². The van der Waals surface area contributed by atoms with Crippen molar-refractivity contribution < 1.29 is 4.39 Å². The number of nitrogens with zero attached hydrogens (tertiary/aromatic N) is 5. The Kier molecular flexibility index (Phi) is 4.87. The van der Waals surface area contributed by atoms with Gasteiger partial charge < -0.3 is 4.98 Å². The summed E-state index contributed by atoms with van der Waals surface area (Å²) >= 11 is 0. The third-order valence-corrected chi connectivity index (χ3v) is 5.14. The number of rotatable bonds is 4. The van der Waals surface area contributed by atoms with Gasteiger partial charge in [0.05, 0.1) is 34.5 Å². The summed E-state index contributed by atoms with van der Waals surface area (Å²) in [7, 11) is 0. The van der Waals surface area contributed by atoms with Gasteiger partial charge in [-0.15, -0.1) is 0 Å². The summed E-state index contributed by atoms with van der Waals surface area (Å²) in [6.45, 7) is 6.13. The summed E-state index contributed by atoms with van der Waals surface area (Å²) in [4.78, 5) is 20.7. The number of pyridine rings is 1. The Hall–Kier alpha value is -4.46. The molecule has 0 saturated carbocycles. The maximum absolute atomic E-state index is 13.3. The maximum atomic E-state index is 13.3. The minimum absolute atomic E-state index is 0.290. The Labute approximate surface area is 182 Å². The van der Waals surface area contributed by atoms with Crippen molar-refractivity contribution >= 4 is 29.3 Å². The normalized spacial score (nSPS) is 12.6. The van der Waals surface area contributed by atoms with Crippen LogP contribution in [0.5, 0.6) is 0 Å². The van der Waals surface area contributed by atoms with Crippen LogP contribution >= 0.6 is 0 Å². The molecule has 8 heteroatoms. The molecule has 0 saturated heterocycles. The van der Waals surface area contributed by atoms with Gasteiger partial charge in [-0.1, -0.05) is 24.8 Å². The van der Waals surface area contributed by atoms with E-state index in [1.807, 2.05) is 19.1 Å². The molecule has 0 atom stereocenters. The number of nitrogens with one attached hydrogen (secondary N) is 2. The number of imidazole rings is 1. The second-order valence-electron chi connectivity index (χ2n) is 7.25. The molecule has 5 aromatic rings. The van der Waals surface area contributed by atoms with Crippen LogP contribution in [-0.2, 0) is 0 Å². The summed E-state index contributed by atoms with van der Waals surface area (Å²) in [6, 6.07) is 6.25. The van der Waals surface area contributed by atoms with E-state index in [2.05, 4.69) is 36.7 Å². The number of hydrogen-bond donors (Lipinski definition) is 2. The molecule has 0 spiro atoms. The molecule has 0 radical (unpaired) electrons. The van der Waals surface area contributed by atoms with Crippen LogP contribution in [0.3, 0.4) is 0 Å². The molecule has 156 valence electrons. The molecule has 4 aromatic heterocycles. The smallest absolute Gasteiger partial charge is 0.159 e. The lowest BCUT2D eigenvalue weighted by Crippen LogP contribution is -2.21. The third-order valence-electron chi connectivity index (χ3n) is 5.14. The summed E-state index contributed by atoms with van der Waals surface area (Å²) in [5.41, 5.74) is 5.50. The van der Waals surface area contributed by atoms with Crippen molar-refractivity contribution in [1.82, 2.24) is 35.1 Å². The fraction of sp³-hybridized carbons (Fsp3) is 0.0417. The van der Waals surface area contributed by atoms with Gasteiger partial charge in [-0.2, -0.15) is 5.10 Å². The largest absolute Gasteiger partial charge is 0.335 e. The third kappa shape index (κ3) is 3.58. The molecule has 32 heavy (non-hydrogen) atoms. The molecular weight excluding hydrogens is 405 g/mol. The van der Waals surface area contributed by atoms with E-state index < -0.39 is 0 Å². The molecule has 0 aliphatic rings. The maximum Gasteiger partial charge on any atom is 0.159 e. The number of halogens is 1. The van der Waals surface area contributed by atoms with E-state index in [4.69, 9.17) is 4.98 Å². The van der Waals surface area contributed by atoms with E-state index in [9.17, 15) is 4.39 Å². The molecule has 0 fully saturated rings. The van der Waals surface area contributed by atoms with Crippen molar-refractivity contribution in [2.45, 2.75) is 6.92 Å². The lowest BCUT2D eigenvalue weighted by atomic mass is 10.1. The van der Waals surface area contributed by atoms with Crippen molar-refractivity contribution in [2.75, 3.05) is 0 Å². The van der Waals surface area contributed by atoms with Gasteiger partial charge in [0.1, 0.15) is 11.5 Å². The fourth-order valence-electron chi connectivity index (χ4n) is 3.39. The Morgan fingerprint density at radius 2 is 1.91 bits per heavy atom. The second kappa shape index (κ2) is 7.99. The second-order valence-corrected chi connectivity index (χ2v) is 7.25. The standard InChI is InChI=1S/C24H18FN7/c1-14(20-12-26-9-10-28-20)3-8-19-15(2)22(32-31-19)24-29-21-13-27-11-18(23(21)30-24)16-4-6-17(25)7-5-16/h3-13,31H,2H2,1H3,(H,29,30)/b14-3+,19-8+. The average Bonchev–Trinajstić information content (AvgIpc) is 3.41. The van der Waals surface area contributed by atoms with Crippen LogP contribution in [-0.4, -0.2) is 35.1 Å². The summed E-state index contributed by atoms with van der Waals surface area (Å²) in [6.07, 6.45) is 12.3. The quantitative estimate of drug-likeness (QED) is 0.463. The fourth-order valence-corrected chi connectivity index (χ4v) is 3.39. The average molecular weight is 423 g/mol. The summed E-state index contributed by atoms with van der Waals surface area (Å²) in [5.74, 6) is 0.286. The highest BCUT2D eigenvalue weighted by atomic mass is 19.1. The number of aromatic amines is 2. The van der Waals surface area contributed by atoms with Crippen LogP contribution in [0.1, 0.15) is 12.6 Å². The van der Waals surface area contributed by atoms with Crippen molar-refractivity contribution in [3.8, 4) is 22.6 Å². The van der Waals surface area contributed by atoms with Gasteiger partial charge in [0.25, 0.3) is 0 Å². The molecule has 0 bridgehead atoms. The summed E-state index contributed by atoms with van der Waals surface area (Å²) in [5, 5.41) is 8.89. The van der Waals surface area contributed by atoms with Crippen molar-refractivity contribution in [2.24, 2.45) is 0 Å². The van der Waals surface area contributed by atoms with Gasteiger partial charge >= 0.3 is 0 Å². The number of hydrogen-bond acceptors (Lipinski definition) is 5. The van der Waals surface area contributed by atoms with Crippen molar-refractivity contribution in [3.63, 3.8) is 0 Å². The lowest BCUT2D eigenvalue weighted by Gasteiger charge is -2.01. The predicted molar refractivity (Wildman–Crippen MR) is 122 cm³/mol. The number of benzene rings is 1. The molecule has 0 aliphatic carbocycles. The zero-order valence-corrected chi connectivity index (χ0v) is 17.2. The van der Waals surface area contributed by atoms with Gasteiger partial charge in [0.15, 0.2) is 5.82 Å². The first-order chi connectivity index (χ1) is 15.6. The van der Waals surface area contributed by atoms with Crippen molar-refractivity contribution in [1.29, 1.82) is 0 Å². The molecular formula is C24H18FN7. The Bertz CT molecular complexity index is 1550. The minimum Gasteiger partial charge on any atom is -0.335 e. The Morgan fingerprint density at radius 3 is 2.69 bits per heavy atom. The van der Waals surface area contributed by atoms with E-state index in [1.54, 1.807) is 43.1 Å². The van der Waals surface area contributed by atoms with Gasteiger partial charge in [0, 0.05) is 29.4 Å². The first kappa shape index (κ1) is 19.5. The van der Waals surface area contributed by atoms with E-state index in [0.717, 1.165) is 38.8 Å². The van der Waals surface area contributed by atoms with Crippen LogP contribution in [0.2, 0.25) is 0 Å². The first-order valence-corrected chi connectivity index (χ1v) is 9.88.